The van der Waals surface area contributed by atoms with Crippen LogP contribution in [0.4, 0.5) is 0 Å². The molecule has 2 heteroatoms. The number of rotatable bonds is 4. The number of ketones is 1. The summed E-state index contributed by atoms with van der Waals surface area (Å²) >= 11 is 0. The van der Waals surface area contributed by atoms with Crippen molar-refractivity contribution in [1.82, 2.24) is 0 Å². The molecule has 2 rings (SSSR count). The fourth-order valence-electron chi connectivity index (χ4n) is 3.41. The Kier molecular flexibility index (Phi) is 3.15. The van der Waals surface area contributed by atoms with Crippen LogP contribution in [-0.2, 0) is 4.79 Å². The standard InChI is InChI=1S/C13H23NO/c1-8(2)3-6-11(15)12-9-4-5-10(7-9)13(12)14/h8-10,12-13H,3-7,14H2,1-2H3. The fraction of sp³-hybridized carbons (Fsp3) is 0.923. The maximum Gasteiger partial charge on any atom is 0.137 e. The van der Waals surface area contributed by atoms with Crippen LogP contribution in [0.3, 0.4) is 0 Å². The molecule has 2 N–H and O–H groups in total. The minimum absolute atomic E-state index is 0.184. The van der Waals surface area contributed by atoms with Crippen molar-refractivity contribution in [3.05, 3.63) is 0 Å². The number of nitrogens with two attached hydrogens (primary N) is 1. The largest absolute Gasteiger partial charge is 0.327 e. The highest BCUT2D eigenvalue weighted by Crippen LogP contribution is 2.48. The van der Waals surface area contributed by atoms with E-state index in [1.165, 1.54) is 19.3 Å². The summed E-state index contributed by atoms with van der Waals surface area (Å²) in [6, 6.07) is 0.184. The molecular formula is C13H23NO. The van der Waals surface area contributed by atoms with Crippen LogP contribution in [0.2, 0.25) is 0 Å². The first-order valence-corrected chi connectivity index (χ1v) is 6.38. The molecule has 4 atom stereocenters. The average Bonchev–Trinajstić information content (AvgIpc) is 2.74. The first-order valence-electron chi connectivity index (χ1n) is 6.38. The number of Topliss-reactive ketones (excluding diaryl/α,β-unsaturated/α-hetero) is 1. The van der Waals surface area contributed by atoms with Gasteiger partial charge in [-0.2, -0.15) is 0 Å². The Morgan fingerprint density at radius 3 is 2.53 bits per heavy atom. The van der Waals surface area contributed by atoms with Crippen molar-refractivity contribution in [2.75, 3.05) is 0 Å². The lowest BCUT2D eigenvalue weighted by Gasteiger charge is -2.27. The Bertz CT molecular complexity index is 247. The number of hydrogen-bond acceptors (Lipinski definition) is 2. The summed E-state index contributed by atoms with van der Waals surface area (Å²) in [5, 5.41) is 0. The van der Waals surface area contributed by atoms with Crippen LogP contribution in [-0.4, -0.2) is 11.8 Å². The van der Waals surface area contributed by atoms with Crippen molar-refractivity contribution in [2.24, 2.45) is 29.4 Å². The van der Waals surface area contributed by atoms with E-state index >= 15 is 0 Å². The number of carbonyl (C=O) groups is 1. The molecule has 2 aliphatic carbocycles. The van der Waals surface area contributed by atoms with Gasteiger partial charge in [-0.05, 0) is 43.4 Å². The Morgan fingerprint density at radius 2 is 2.00 bits per heavy atom. The third kappa shape index (κ3) is 2.10. The molecule has 2 saturated carbocycles. The van der Waals surface area contributed by atoms with Crippen molar-refractivity contribution < 1.29 is 4.79 Å². The normalized spacial score (nSPS) is 38.9. The maximum absolute atomic E-state index is 12.1. The zero-order valence-electron chi connectivity index (χ0n) is 9.91. The number of carbonyl (C=O) groups excluding carboxylic acids is 1. The Balaban J connectivity index is 1.90. The predicted molar refractivity (Wildman–Crippen MR) is 61.4 cm³/mol. The number of fused-ring (bicyclic) bond motifs is 2. The van der Waals surface area contributed by atoms with Crippen molar-refractivity contribution >= 4 is 5.78 Å². The molecule has 0 heterocycles. The van der Waals surface area contributed by atoms with Gasteiger partial charge in [-0.15, -0.1) is 0 Å². The van der Waals surface area contributed by atoms with E-state index in [1.807, 2.05) is 0 Å². The van der Waals surface area contributed by atoms with Crippen LogP contribution < -0.4 is 5.73 Å². The van der Waals surface area contributed by atoms with Gasteiger partial charge >= 0.3 is 0 Å². The molecule has 4 unspecified atom stereocenters. The van der Waals surface area contributed by atoms with E-state index in [2.05, 4.69) is 13.8 Å². The summed E-state index contributed by atoms with van der Waals surface area (Å²) < 4.78 is 0. The third-order valence-corrected chi connectivity index (χ3v) is 4.32. The van der Waals surface area contributed by atoms with E-state index in [-0.39, 0.29) is 12.0 Å². The Morgan fingerprint density at radius 1 is 1.33 bits per heavy atom. The average molecular weight is 209 g/mol. The zero-order valence-corrected chi connectivity index (χ0v) is 9.91. The minimum Gasteiger partial charge on any atom is -0.327 e. The van der Waals surface area contributed by atoms with Crippen molar-refractivity contribution in [1.29, 1.82) is 0 Å². The molecule has 0 aromatic heterocycles. The first kappa shape index (κ1) is 11.1. The molecule has 2 nitrogen and oxygen atoms in total. The summed E-state index contributed by atoms with van der Waals surface area (Å²) in [6.07, 6.45) is 5.51. The van der Waals surface area contributed by atoms with Crippen LogP contribution in [0.5, 0.6) is 0 Å². The van der Waals surface area contributed by atoms with Crippen LogP contribution in [0.1, 0.15) is 46.0 Å². The summed E-state index contributed by atoms with van der Waals surface area (Å²) in [4.78, 5) is 12.1. The van der Waals surface area contributed by atoms with Crippen molar-refractivity contribution in [3.63, 3.8) is 0 Å². The van der Waals surface area contributed by atoms with Gasteiger partial charge in [0.2, 0.25) is 0 Å². The maximum atomic E-state index is 12.1. The van der Waals surface area contributed by atoms with Gasteiger partial charge in [-0.1, -0.05) is 13.8 Å². The lowest BCUT2D eigenvalue weighted by Crippen LogP contribution is -2.40. The van der Waals surface area contributed by atoms with Crippen LogP contribution in [0.15, 0.2) is 0 Å². The van der Waals surface area contributed by atoms with E-state index in [0.717, 1.165) is 12.8 Å². The first-order chi connectivity index (χ1) is 7.09. The van der Waals surface area contributed by atoms with Gasteiger partial charge in [-0.3, -0.25) is 4.79 Å². The van der Waals surface area contributed by atoms with Crippen molar-refractivity contribution in [3.8, 4) is 0 Å². The molecule has 0 radical (unpaired) electrons. The quantitative estimate of drug-likeness (QED) is 0.772. The molecule has 2 aliphatic rings. The number of hydrogen-bond donors (Lipinski definition) is 1. The molecule has 0 spiro atoms. The molecule has 2 bridgehead atoms. The van der Waals surface area contributed by atoms with Crippen molar-refractivity contribution in [2.45, 2.75) is 52.0 Å². The topological polar surface area (TPSA) is 43.1 Å². The van der Waals surface area contributed by atoms with Gasteiger partial charge in [0.05, 0.1) is 0 Å². The van der Waals surface area contributed by atoms with Gasteiger partial charge < -0.3 is 5.73 Å². The van der Waals surface area contributed by atoms with Gasteiger partial charge in [0.15, 0.2) is 0 Å². The van der Waals surface area contributed by atoms with E-state index < -0.39 is 0 Å². The molecule has 86 valence electrons. The molecule has 0 aliphatic heterocycles. The minimum atomic E-state index is 0.184. The molecular weight excluding hydrogens is 186 g/mol. The van der Waals surface area contributed by atoms with Gasteiger partial charge in [0.25, 0.3) is 0 Å². The second kappa shape index (κ2) is 4.25. The molecule has 0 amide bonds. The van der Waals surface area contributed by atoms with Crippen LogP contribution in [0, 0.1) is 23.7 Å². The summed E-state index contributed by atoms with van der Waals surface area (Å²) in [5.74, 6) is 2.57. The molecule has 0 saturated heterocycles. The summed E-state index contributed by atoms with van der Waals surface area (Å²) in [5.41, 5.74) is 6.15. The van der Waals surface area contributed by atoms with Gasteiger partial charge in [0.1, 0.15) is 5.78 Å². The van der Waals surface area contributed by atoms with E-state index in [0.29, 0.717) is 23.5 Å². The SMILES string of the molecule is CC(C)CCC(=O)C1C2CCC(C2)C1N. The van der Waals surface area contributed by atoms with Crippen LogP contribution >= 0.6 is 0 Å². The smallest absolute Gasteiger partial charge is 0.137 e. The van der Waals surface area contributed by atoms with E-state index in [4.69, 9.17) is 5.73 Å². The monoisotopic (exact) mass is 209 g/mol. The molecule has 2 fully saturated rings. The molecule has 15 heavy (non-hydrogen) atoms. The summed E-state index contributed by atoms with van der Waals surface area (Å²) in [6.45, 7) is 4.35. The highest BCUT2D eigenvalue weighted by atomic mass is 16.1. The third-order valence-electron chi connectivity index (χ3n) is 4.32. The van der Waals surface area contributed by atoms with Crippen LogP contribution in [0.25, 0.3) is 0 Å². The van der Waals surface area contributed by atoms with Gasteiger partial charge in [-0.25, -0.2) is 0 Å². The predicted octanol–water partition coefficient (Wildman–Crippen LogP) is 2.37. The second-order valence-corrected chi connectivity index (χ2v) is 5.84. The zero-order chi connectivity index (χ0) is 11.0. The van der Waals surface area contributed by atoms with Gasteiger partial charge in [0, 0.05) is 18.4 Å². The highest BCUT2D eigenvalue weighted by molar-refractivity contribution is 5.82. The second-order valence-electron chi connectivity index (χ2n) is 5.84. The summed E-state index contributed by atoms with van der Waals surface area (Å²) in [7, 11) is 0. The Labute approximate surface area is 92.6 Å². The lowest BCUT2D eigenvalue weighted by atomic mass is 9.80. The molecule has 0 aromatic rings. The van der Waals surface area contributed by atoms with E-state index in [1.54, 1.807) is 0 Å². The van der Waals surface area contributed by atoms with E-state index in [9.17, 15) is 4.79 Å². The highest BCUT2D eigenvalue weighted by Gasteiger charge is 2.48. The Hall–Kier alpha value is -0.370. The fourth-order valence-corrected chi connectivity index (χ4v) is 3.41. The lowest BCUT2D eigenvalue weighted by molar-refractivity contribution is -0.125. The molecule has 0 aromatic carbocycles.